The summed E-state index contributed by atoms with van der Waals surface area (Å²) in [6.07, 6.45) is 0. The first-order valence-corrected chi connectivity index (χ1v) is 8.06. The molecule has 0 fully saturated rings. The topological polar surface area (TPSA) is 46.2 Å². The van der Waals surface area contributed by atoms with Crippen molar-refractivity contribution in [3.05, 3.63) is 15.9 Å². The highest BCUT2D eigenvalue weighted by molar-refractivity contribution is 9.10. The molecule has 0 saturated heterocycles. The first kappa shape index (κ1) is 12.6. The Morgan fingerprint density at radius 3 is 2.71 bits per heavy atom. The molecule has 0 aliphatic rings. The van der Waals surface area contributed by atoms with Gasteiger partial charge in [-0.25, -0.2) is 13.1 Å². The number of nitrogens with one attached hydrogen (secondary N) is 1. The van der Waals surface area contributed by atoms with Crippen molar-refractivity contribution < 1.29 is 8.42 Å². The van der Waals surface area contributed by atoms with E-state index in [2.05, 4.69) is 36.6 Å². The van der Waals surface area contributed by atoms with Crippen LogP contribution in [0.5, 0.6) is 0 Å². The van der Waals surface area contributed by atoms with E-state index in [0.29, 0.717) is 14.0 Å². The average Bonchev–Trinajstić information content (AvgIpc) is 2.51. The van der Waals surface area contributed by atoms with Crippen LogP contribution in [-0.2, 0) is 10.0 Å². The van der Waals surface area contributed by atoms with E-state index in [0.717, 1.165) is 0 Å². The van der Waals surface area contributed by atoms with Gasteiger partial charge in [-0.2, -0.15) is 0 Å². The number of sulfonamides is 1. The van der Waals surface area contributed by atoms with Crippen LogP contribution in [0, 0.1) is 0 Å². The van der Waals surface area contributed by atoms with Crippen LogP contribution < -0.4 is 4.72 Å². The van der Waals surface area contributed by atoms with E-state index in [1.165, 1.54) is 11.3 Å². The Morgan fingerprint density at radius 2 is 2.29 bits per heavy atom. The summed E-state index contributed by atoms with van der Waals surface area (Å²) in [6.45, 7) is 1.80. The van der Waals surface area contributed by atoms with Gasteiger partial charge in [0.2, 0.25) is 0 Å². The lowest BCUT2D eigenvalue weighted by Gasteiger charge is -2.10. The molecule has 0 bridgehead atoms. The largest absolute Gasteiger partial charge is 0.251 e. The average molecular weight is 363 g/mol. The normalized spacial score (nSPS) is 14.2. The van der Waals surface area contributed by atoms with E-state index < -0.39 is 10.0 Å². The fraction of sp³-hybridized carbons (Fsp3) is 0.429. The van der Waals surface area contributed by atoms with Gasteiger partial charge < -0.3 is 0 Å². The number of hydrogen-bond acceptors (Lipinski definition) is 3. The molecule has 1 unspecified atom stereocenters. The van der Waals surface area contributed by atoms with Crippen LogP contribution in [0.1, 0.15) is 6.92 Å². The summed E-state index contributed by atoms with van der Waals surface area (Å²) in [5.74, 6) is 0. The molecule has 0 radical (unpaired) electrons. The zero-order chi connectivity index (χ0) is 10.8. The van der Waals surface area contributed by atoms with Crippen molar-refractivity contribution in [2.75, 3.05) is 5.33 Å². The van der Waals surface area contributed by atoms with Gasteiger partial charge in [0, 0.05) is 15.8 Å². The van der Waals surface area contributed by atoms with Gasteiger partial charge in [0.05, 0.1) is 0 Å². The molecule has 1 aromatic heterocycles. The SMILES string of the molecule is CC(CBr)NS(=O)(=O)c1sccc1Br. The highest BCUT2D eigenvalue weighted by Crippen LogP contribution is 2.27. The Kier molecular flexibility index (Phi) is 4.57. The molecule has 0 saturated carbocycles. The molecule has 1 rings (SSSR count). The van der Waals surface area contributed by atoms with Crippen LogP contribution in [0.15, 0.2) is 20.1 Å². The van der Waals surface area contributed by atoms with E-state index >= 15 is 0 Å². The molecule has 1 heterocycles. The van der Waals surface area contributed by atoms with E-state index in [1.807, 2.05) is 0 Å². The highest BCUT2D eigenvalue weighted by atomic mass is 79.9. The third-order valence-corrected chi connectivity index (χ3v) is 6.65. The Balaban J connectivity index is 2.92. The molecule has 1 atom stereocenters. The summed E-state index contributed by atoms with van der Waals surface area (Å²) < 4.78 is 27.0. The van der Waals surface area contributed by atoms with Crippen molar-refractivity contribution in [3.8, 4) is 0 Å². The Bertz CT molecular complexity index is 402. The number of rotatable bonds is 4. The van der Waals surface area contributed by atoms with Crippen molar-refractivity contribution in [1.82, 2.24) is 4.72 Å². The molecular formula is C7H9Br2NO2S2. The molecule has 7 heteroatoms. The molecule has 0 aliphatic carbocycles. The second kappa shape index (κ2) is 5.07. The van der Waals surface area contributed by atoms with E-state index in [4.69, 9.17) is 0 Å². The third-order valence-electron chi connectivity index (χ3n) is 1.42. The summed E-state index contributed by atoms with van der Waals surface area (Å²) >= 11 is 7.60. The van der Waals surface area contributed by atoms with Crippen LogP contribution >= 0.6 is 43.2 Å². The van der Waals surface area contributed by atoms with E-state index in [9.17, 15) is 8.42 Å². The van der Waals surface area contributed by atoms with Crippen molar-refractivity contribution in [2.45, 2.75) is 17.2 Å². The zero-order valence-corrected chi connectivity index (χ0v) is 12.1. The van der Waals surface area contributed by atoms with Crippen molar-refractivity contribution in [3.63, 3.8) is 0 Å². The Labute approximate surface area is 104 Å². The van der Waals surface area contributed by atoms with Gasteiger partial charge in [0.25, 0.3) is 10.0 Å². The fourth-order valence-corrected chi connectivity index (χ4v) is 4.80. The lowest BCUT2D eigenvalue weighted by molar-refractivity contribution is 0.573. The molecule has 1 N–H and O–H groups in total. The Morgan fingerprint density at radius 1 is 1.64 bits per heavy atom. The maximum atomic E-state index is 11.7. The summed E-state index contributed by atoms with van der Waals surface area (Å²) in [5.41, 5.74) is 0. The van der Waals surface area contributed by atoms with Crippen molar-refractivity contribution in [2.24, 2.45) is 0 Å². The van der Waals surface area contributed by atoms with Crippen LogP contribution in [0.25, 0.3) is 0 Å². The second-order valence-corrected chi connectivity index (χ2v) is 7.06. The van der Waals surface area contributed by atoms with Crippen LogP contribution in [-0.4, -0.2) is 19.8 Å². The molecule has 0 amide bonds. The smallest absolute Gasteiger partial charge is 0.207 e. The lowest BCUT2D eigenvalue weighted by atomic mass is 10.4. The van der Waals surface area contributed by atoms with Gasteiger partial charge in [-0.05, 0) is 34.3 Å². The van der Waals surface area contributed by atoms with Gasteiger partial charge in [0.1, 0.15) is 4.21 Å². The molecule has 3 nitrogen and oxygen atoms in total. The summed E-state index contributed by atoms with van der Waals surface area (Å²) in [4.78, 5) is 0. The summed E-state index contributed by atoms with van der Waals surface area (Å²) in [7, 11) is -3.37. The minimum Gasteiger partial charge on any atom is -0.207 e. The van der Waals surface area contributed by atoms with Gasteiger partial charge >= 0.3 is 0 Å². The number of alkyl halides is 1. The minimum absolute atomic E-state index is 0.117. The summed E-state index contributed by atoms with van der Waals surface area (Å²) in [6, 6.07) is 1.60. The van der Waals surface area contributed by atoms with Gasteiger partial charge in [-0.3, -0.25) is 0 Å². The van der Waals surface area contributed by atoms with Crippen molar-refractivity contribution >= 4 is 53.2 Å². The first-order chi connectivity index (χ1) is 6.47. The van der Waals surface area contributed by atoms with Gasteiger partial charge in [-0.15, -0.1) is 11.3 Å². The Hall–Kier alpha value is 0.570. The third kappa shape index (κ3) is 3.03. The quantitative estimate of drug-likeness (QED) is 0.836. The van der Waals surface area contributed by atoms with E-state index in [-0.39, 0.29) is 6.04 Å². The van der Waals surface area contributed by atoms with E-state index in [1.54, 1.807) is 18.4 Å². The molecule has 0 aliphatic heterocycles. The monoisotopic (exact) mass is 361 g/mol. The first-order valence-electron chi connectivity index (χ1n) is 3.78. The van der Waals surface area contributed by atoms with Gasteiger partial charge in [0.15, 0.2) is 0 Å². The number of halogens is 2. The van der Waals surface area contributed by atoms with Crippen LogP contribution in [0.2, 0.25) is 0 Å². The van der Waals surface area contributed by atoms with Crippen LogP contribution in [0.3, 0.4) is 0 Å². The van der Waals surface area contributed by atoms with Gasteiger partial charge in [-0.1, -0.05) is 15.9 Å². The maximum absolute atomic E-state index is 11.7. The predicted molar refractivity (Wildman–Crippen MR) is 65.6 cm³/mol. The van der Waals surface area contributed by atoms with Crippen molar-refractivity contribution in [1.29, 1.82) is 0 Å². The molecule has 14 heavy (non-hydrogen) atoms. The molecule has 80 valence electrons. The summed E-state index contributed by atoms with van der Waals surface area (Å²) in [5, 5.41) is 2.33. The highest BCUT2D eigenvalue weighted by Gasteiger charge is 2.20. The maximum Gasteiger partial charge on any atom is 0.251 e. The minimum atomic E-state index is -3.37. The standard InChI is InChI=1S/C7H9Br2NO2S2/c1-5(4-8)10-14(11,12)7-6(9)2-3-13-7/h2-3,5,10H,4H2,1H3. The second-order valence-electron chi connectivity index (χ2n) is 2.73. The predicted octanol–water partition coefficient (Wildman–Crippen LogP) is 2.57. The fourth-order valence-electron chi connectivity index (χ4n) is 0.821. The number of thiophene rings is 1. The molecule has 1 aromatic rings. The molecular weight excluding hydrogens is 354 g/mol. The molecule has 0 spiro atoms. The van der Waals surface area contributed by atoms with Crippen LogP contribution in [0.4, 0.5) is 0 Å². The number of hydrogen-bond donors (Lipinski definition) is 1. The molecule has 0 aromatic carbocycles. The lowest BCUT2D eigenvalue weighted by Crippen LogP contribution is -2.33. The zero-order valence-electron chi connectivity index (χ0n) is 7.33.